The Kier molecular flexibility index (Phi) is 3.09. The van der Waals surface area contributed by atoms with Gasteiger partial charge >= 0.3 is 0 Å². The first kappa shape index (κ1) is 14.1. The number of nitrogens with zero attached hydrogens (tertiary/aromatic N) is 3. The summed E-state index contributed by atoms with van der Waals surface area (Å²) in [7, 11) is 0. The van der Waals surface area contributed by atoms with Crippen molar-refractivity contribution < 1.29 is 18.0 Å². The monoisotopic (exact) mass is 306 g/mol. The summed E-state index contributed by atoms with van der Waals surface area (Å²) in [6.45, 7) is 1.27. The zero-order chi connectivity index (χ0) is 16.0. The van der Waals surface area contributed by atoms with Crippen LogP contribution >= 0.6 is 0 Å². The van der Waals surface area contributed by atoms with Gasteiger partial charge in [0.05, 0.1) is 23.0 Å². The highest BCUT2D eigenvalue weighted by Gasteiger charge is 2.22. The van der Waals surface area contributed by atoms with Gasteiger partial charge in [0.15, 0.2) is 11.6 Å². The third kappa shape index (κ3) is 1.92. The number of nitrogens with two attached hydrogens (primary N) is 1. The molecule has 22 heavy (non-hydrogen) atoms. The van der Waals surface area contributed by atoms with E-state index in [1.165, 1.54) is 6.92 Å². The predicted molar refractivity (Wildman–Crippen MR) is 72.7 cm³/mol. The van der Waals surface area contributed by atoms with Crippen LogP contribution in [0.4, 0.5) is 18.9 Å². The van der Waals surface area contributed by atoms with Gasteiger partial charge in [0, 0.05) is 6.92 Å². The van der Waals surface area contributed by atoms with E-state index in [0.29, 0.717) is 0 Å². The Labute approximate surface area is 122 Å². The normalized spacial score (nSPS) is 11.1. The Balaban J connectivity index is 2.33. The van der Waals surface area contributed by atoms with E-state index in [1.807, 2.05) is 0 Å². The molecule has 0 aliphatic rings. The number of nitrogen functional groups attached to an aromatic ring is 1. The number of hydrogen-bond acceptors (Lipinski definition) is 4. The number of benzene rings is 1. The lowest BCUT2D eigenvalue weighted by Gasteiger charge is -2.08. The molecule has 0 fully saturated rings. The summed E-state index contributed by atoms with van der Waals surface area (Å²) >= 11 is 0. The Morgan fingerprint density at radius 3 is 2.64 bits per heavy atom. The standard InChI is InChI=1S/C14H9F3N4O/c1-6(22)12-9-4-19-13(14(17)21(9)5-20-12)10-7(15)2-3-8(18)11(10)16/h2-5H,18H2,1H3. The molecular weight excluding hydrogens is 297 g/mol. The molecule has 3 rings (SSSR count). The van der Waals surface area contributed by atoms with Crippen molar-refractivity contribution in [2.75, 3.05) is 5.73 Å². The second kappa shape index (κ2) is 4.83. The van der Waals surface area contributed by atoms with E-state index in [-0.39, 0.29) is 22.7 Å². The quantitative estimate of drug-likeness (QED) is 0.583. The largest absolute Gasteiger partial charge is 0.396 e. The lowest BCUT2D eigenvalue weighted by molar-refractivity contribution is 0.101. The third-order valence-electron chi connectivity index (χ3n) is 3.22. The van der Waals surface area contributed by atoms with E-state index >= 15 is 0 Å². The van der Waals surface area contributed by atoms with Crippen LogP contribution in [0, 0.1) is 17.6 Å². The molecule has 2 aromatic heterocycles. The maximum absolute atomic E-state index is 14.5. The van der Waals surface area contributed by atoms with E-state index in [0.717, 1.165) is 29.1 Å². The second-order valence-electron chi connectivity index (χ2n) is 4.63. The minimum atomic E-state index is -1.10. The molecule has 3 aromatic rings. The number of halogens is 3. The fourth-order valence-corrected chi connectivity index (χ4v) is 2.16. The maximum atomic E-state index is 14.5. The summed E-state index contributed by atoms with van der Waals surface area (Å²) in [6.07, 6.45) is 2.18. The molecule has 8 heteroatoms. The summed E-state index contributed by atoms with van der Waals surface area (Å²) in [4.78, 5) is 18.9. The van der Waals surface area contributed by atoms with Crippen LogP contribution in [0.5, 0.6) is 0 Å². The predicted octanol–water partition coefficient (Wildman–Crippen LogP) is 2.60. The Hall–Kier alpha value is -2.90. The highest BCUT2D eigenvalue weighted by Crippen LogP contribution is 2.30. The summed E-state index contributed by atoms with van der Waals surface area (Å²) in [6, 6.07) is 1.96. The molecule has 0 radical (unpaired) electrons. The number of anilines is 1. The number of aromatic nitrogens is 3. The third-order valence-corrected chi connectivity index (χ3v) is 3.22. The molecule has 5 nitrogen and oxygen atoms in total. The van der Waals surface area contributed by atoms with Gasteiger partial charge in [0.25, 0.3) is 0 Å². The number of imidazole rings is 1. The number of carbonyl (C=O) groups excluding carboxylic acids is 1. The Morgan fingerprint density at radius 2 is 1.95 bits per heavy atom. The van der Waals surface area contributed by atoms with Gasteiger partial charge in [-0.2, -0.15) is 4.39 Å². The molecule has 1 aromatic carbocycles. The van der Waals surface area contributed by atoms with Crippen LogP contribution in [0.2, 0.25) is 0 Å². The van der Waals surface area contributed by atoms with Gasteiger partial charge in [-0.05, 0) is 12.1 Å². The summed E-state index contributed by atoms with van der Waals surface area (Å²) in [5, 5.41) is 0. The molecule has 0 aliphatic carbocycles. The lowest BCUT2D eigenvalue weighted by atomic mass is 10.1. The van der Waals surface area contributed by atoms with Gasteiger partial charge in [0.2, 0.25) is 5.95 Å². The fourth-order valence-electron chi connectivity index (χ4n) is 2.16. The topological polar surface area (TPSA) is 73.3 Å². The molecule has 0 aliphatic heterocycles. The van der Waals surface area contributed by atoms with Gasteiger partial charge in [-0.25, -0.2) is 18.7 Å². The van der Waals surface area contributed by atoms with E-state index in [4.69, 9.17) is 5.73 Å². The molecule has 0 spiro atoms. The van der Waals surface area contributed by atoms with Crippen LogP contribution < -0.4 is 5.73 Å². The van der Waals surface area contributed by atoms with Gasteiger partial charge in [-0.3, -0.25) is 9.20 Å². The Bertz CT molecular complexity index is 920. The summed E-state index contributed by atoms with van der Waals surface area (Å²) < 4.78 is 43.3. The lowest BCUT2D eigenvalue weighted by Crippen LogP contribution is -2.04. The first-order valence-electron chi connectivity index (χ1n) is 6.18. The van der Waals surface area contributed by atoms with Crippen LogP contribution in [0.3, 0.4) is 0 Å². The molecule has 0 saturated carbocycles. The molecule has 2 N–H and O–H groups in total. The van der Waals surface area contributed by atoms with Crippen molar-refractivity contribution in [2.24, 2.45) is 0 Å². The van der Waals surface area contributed by atoms with Gasteiger partial charge in [-0.1, -0.05) is 0 Å². The van der Waals surface area contributed by atoms with Crippen molar-refractivity contribution in [1.82, 2.24) is 14.4 Å². The minimum absolute atomic E-state index is 0.0199. The van der Waals surface area contributed by atoms with Crippen LogP contribution in [0.1, 0.15) is 17.4 Å². The van der Waals surface area contributed by atoms with Gasteiger partial charge < -0.3 is 5.73 Å². The van der Waals surface area contributed by atoms with Gasteiger partial charge in [0.1, 0.15) is 23.5 Å². The second-order valence-corrected chi connectivity index (χ2v) is 4.63. The first-order valence-corrected chi connectivity index (χ1v) is 6.18. The van der Waals surface area contributed by atoms with Crippen molar-refractivity contribution in [2.45, 2.75) is 6.92 Å². The average Bonchev–Trinajstić information content (AvgIpc) is 2.90. The fraction of sp³-hybridized carbons (Fsp3) is 0.0714. The van der Waals surface area contributed by atoms with Crippen LogP contribution in [-0.4, -0.2) is 20.2 Å². The summed E-state index contributed by atoms with van der Waals surface area (Å²) in [5.41, 5.74) is 3.96. The summed E-state index contributed by atoms with van der Waals surface area (Å²) in [5.74, 6) is -3.51. The van der Waals surface area contributed by atoms with E-state index in [1.54, 1.807) is 0 Å². The van der Waals surface area contributed by atoms with E-state index in [2.05, 4.69) is 9.97 Å². The number of hydrogen-bond donors (Lipinski definition) is 1. The molecule has 0 bridgehead atoms. The van der Waals surface area contributed by atoms with Crippen molar-refractivity contribution >= 4 is 17.0 Å². The van der Waals surface area contributed by atoms with Crippen LogP contribution in [-0.2, 0) is 0 Å². The maximum Gasteiger partial charge on any atom is 0.226 e. The molecule has 0 saturated heterocycles. The molecule has 0 atom stereocenters. The highest BCUT2D eigenvalue weighted by molar-refractivity contribution is 5.98. The van der Waals surface area contributed by atoms with Crippen LogP contribution in [0.15, 0.2) is 24.7 Å². The SMILES string of the molecule is CC(=O)c1ncn2c(F)c(-c3c(F)ccc(N)c3F)ncc12. The van der Waals surface area contributed by atoms with E-state index < -0.39 is 28.8 Å². The van der Waals surface area contributed by atoms with Gasteiger partial charge in [-0.15, -0.1) is 0 Å². The Morgan fingerprint density at radius 1 is 1.23 bits per heavy atom. The molecule has 0 amide bonds. The number of ketones is 1. The van der Waals surface area contributed by atoms with Crippen molar-refractivity contribution in [3.05, 3.63) is 47.9 Å². The molecule has 112 valence electrons. The van der Waals surface area contributed by atoms with Crippen LogP contribution in [0.25, 0.3) is 16.8 Å². The number of fused-ring (bicyclic) bond motifs is 1. The molecular formula is C14H9F3N4O. The van der Waals surface area contributed by atoms with Crippen molar-refractivity contribution in [1.29, 1.82) is 0 Å². The zero-order valence-corrected chi connectivity index (χ0v) is 11.3. The average molecular weight is 306 g/mol. The number of carbonyl (C=O) groups is 1. The molecule has 0 unspecified atom stereocenters. The van der Waals surface area contributed by atoms with E-state index in [9.17, 15) is 18.0 Å². The molecule has 2 heterocycles. The smallest absolute Gasteiger partial charge is 0.226 e. The first-order chi connectivity index (χ1) is 10.4. The minimum Gasteiger partial charge on any atom is -0.396 e. The number of Topliss-reactive ketones (excluding diaryl/α,β-unsaturated/α-hetero) is 1. The number of rotatable bonds is 2. The zero-order valence-electron chi connectivity index (χ0n) is 11.3. The van der Waals surface area contributed by atoms with Crippen molar-refractivity contribution in [3.8, 4) is 11.3 Å². The van der Waals surface area contributed by atoms with Crippen molar-refractivity contribution in [3.63, 3.8) is 0 Å². The highest BCUT2D eigenvalue weighted by atomic mass is 19.1.